The molecule has 1 aliphatic heterocycles. The first-order valence-corrected chi connectivity index (χ1v) is 10.7. The van der Waals surface area contributed by atoms with Crippen LogP contribution in [-0.2, 0) is 9.59 Å². The van der Waals surface area contributed by atoms with Crippen molar-refractivity contribution in [2.75, 3.05) is 14.2 Å². The average Bonchev–Trinajstić information content (AvgIpc) is 2.73. The van der Waals surface area contributed by atoms with Gasteiger partial charge in [-0.3, -0.25) is 9.59 Å². The number of aryl methyl sites for hydroxylation is 1. The van der Waals surface area contributed by atoms with Gasteiger partial charge in [-0.25, -0.2) is 0 Å². The number of methoxy groups -OCH3 is 2. The summed E-state index contributed by atoms with van der Waals surface area (Å²) >= 11 is 3.47. The maximum atomic E-state index is 13.3. The molecule has 0 saturated heterocycles. The summed E-state index contributed by atoms with van der Waals surface area (Å²) in [5, 5.41) is 2.98. The number of hydrogen-bond acceptors (Lipinski definition) is 4. The Morgan fingerprint density at radius 2 is 1.67 bits per heavy atom. The molecule has 1 N–H and O–H groups in total. The van der Waals surface area contributed by atoms with Crippen molar-refractivity contribution in [3.8, 4) is 11.5 Å². The summed E-state index contributed by atoms with van der Waals surface area (Å²) in [5.74, 6) is 0.979. The van der Waals surface area contributed by atoms with Crippen LogP contribution in [0.5, 0.6) is 11.5 Å². The number of amides is 1. The van der Waals surface area contributed by atoms with Gasteiger partial charge >= 0.3 is 0 Å². The second kappa shape index (κ2) is 8.26. The highest BCUT2D eigenvalue weighted by molar-refractivity contribution is 9.10. The molecular formula is C24H24BrNO4. The van der Waals surface area contributed by atoms with Crippen LogP contribution < -0.4 is 14.8 Å². The zero-order valence-corrected chi connectivity index (χ0v) is 18.8. The Kier molecular flexibility index (Phi) is 5.69. The van der Waals surface area contributed by atoms with Gasteiger partial charge in [-0.2, -0.15) is 0 Å². The molecule has 2 aromatic carbocycles. The lowest BCUT2D eigenvalue weighted by Crippen LogP contribution is -2.38. The summed E-state index contributed by atoms with van der Waals surface area (Å²) in [6, 6.07) is 11.9. The smallest absolute Gasteiger partial charge is 0.225 e. The van der Waals surface area contributed by atoms with Crippen LogP contribution in [0.3, 0.4) is 0 Å². The van der Waals surface area contributed by atoms with E-state index in [2.05, 4.69) is 45.5 Å². The van der Waals surface area contributed by atoms with Crippen LogP contribution in [0, 0.1) is 6.92 Å². The zero-order chi connectivity index (χ0) is 21.4. The van der Waals surface area contributed by atoms with Gasteiger partial charge in [0, 0.05) is 35.6 Å². The minimum atomic E-state index is -0.350. The molecule has 5 nitrogen and oxygen atoms in total. The Bertz CT molecular complexity index is 1040. The van der Waals surface area contributed by atoms with Crippen molar-refractivity contribution in [1.82, 2.24) is 5.32 Å². The third-order valence-corrected chi connectivity index (χ3v) is 6.58. The van der Waals surface area contributed by atoms with E-state index in [0.29, 0.717) is 29.9 Å². The maximum absolute atomic E-state index is 13.3. The number of carbonyl (C=O) groups excluding carboxylic acids is 2. The molecule has 0 spiro atoms. The fourth-order valence-electron chi connectivity index (χ4n) is 4.46. The number of allylic oxidation sites excluding steroid dienone is 2. The Morgan fingerprint density at radius 3 is 2.33 bits per heavy atom. The minimum absolute atomic E-state index is 0.0669. The molecule has 2 atom stereocenters. The monoisotopic (exact) mass is 469 g/mol. The molecule has 6 heteroatoms. The molecule has 30 heavy (non-hydrogen) atoms. The van der Waals surface area contributed by atoms with Gasteiger partial charge in [-0.05, 0) is 52.9 Å². The quantitative estimate of drug-likeness (QED) is 0.699. The molecule has 2 aliphatic rings. The third-order valence-electron chi connectivity index (χ3n) is 5.96. The Balaban J connectivity index is 1.77. The SMILES string of the molecule is COc1cc(C2CC(=O)NC3=C2C(=O)CC(c2ccc(C)cc2)C3)c(OC)cc1Br. The van der Waals surface area contributed by atoms with Crippen molar-refractivity contribution >= 4 is 27.6 Å². The number of hydrogen-bond donors (Lipinski definition) is 1. The third kappa shape index (κ3) is 3.76. The van der Waals surface area contributed by atoms with Gasteiger partial charge in [-0.1, -0.05) is 29.8 Å². The van der Waals surface area contributed by atoms with E-state index in [0.717, 1.165) is 21.3 Å². The second-order valence-corrected chi connectivity index (χ2v) is 8.72. The molecule has 0 bridgehead atoms. The molecule has 1 aliphatic carbocycles. The van der Waals surface area contributed by atoms with Crippen molar-refractivity contribution < 1.29 is 19.1 Å². The number of ketones is 1. The van der Waals surface area contributed by atoms with Crippen LogP contribution in [0.2, 0.25) is 0 Å². The first kappa shape index (κ1) is 20.7. The molecule has 2 aromatic rings. The Morgan fingerprint density at radius 1 is 0.967 bits per heavy atom. The van der Waals surface area contributed by atoms with Crippen molar-refractivity contribution in [3.63, 3.8) is 0 Å². The highest BCUT2D eigenvalue weighted by atomic mass is 79.9. The van der Waals surface area contributed by atoms with Crippen molar-refractivity contribution in [1.29, 1.82) is 0 Å². The predicted octanol–water partition coefficient (Wildman–Crippen LogP) is 4.78. The second-order valence-electron chi connectivity index (χ2n) is 7.86. The van der Waals surface area contributed by atoms with Crippen molar-refractivity contribution in [2.24, 2.45) is 0 Å². The summed E-state index contributed by atoms with van der Waals surface area (Å²) in [4.78, 5) is 25.9. The minimum Gasteiger partial charge on any atom is -0.496 e. The van der Waals surface area contributed by atoms with Crippen LogP contribution in [0.1, 0.15) is 47.8 Å². The highest BCUT2D eigenvalue weighted by Gasteiger charge is 2.39. The van der Waals surface area contributed by atoms with E-state index in [1.165, 1.54) is 5.56 Å². The van der Waals surface area contributed by atoms with E-state index in [-0.39, 0.29) is 29.9 Å². The first-order valence-electron chi connectivity index (χ1n) is 9.95. The molecule has 0 fully saturated rings. The predicted molar refractivity (Wildman–Crippen MR) is 118 cm³/mol. The van der Waals surface area contributed by atoms with Gasteiger partial charge in [0.05, 0.1) is 18.7 Å². The van der Waals surface area contributed by atoms with Crippen LogP contribution in [0.15, 0.2) is 52.1 Å². The summed E-state index contributed by atoms with van der Waals surface area (Å²) < 4.78 is 11.8. The lowest BCUT2D eigenvalue weighted by Gasteiger charge is -2.35. The number of carbonyl (C=O) groups is 2. The highest BCUT2D eigenvalue weighted by Crippen LogP contribution is 2.46. The average molecular weight is 470 g/mol. The van der Waals surface area contributed by atoms with Crippen LogP contribution in [-0.4, -0.2) is 25.9 Å². The summed E-state index contributed by atoms with van der Waals surface area (Å²) in [6.45, 7) is 2.04. The van der Waals surface area contributed by atoms with Gasteiger partial charge in [-0.15, -0.1) is 0 Å². The fraction of sp³-hybridized carbons (Fsp3) is 0.333. The van der Waals surface area contributed by atoms with E-state index >= 15 is 0 Å². The van der Waals surface area contributed by atoms with Crippen molar-refractivity contribution in [3.05, 3.63) is 68.8 Å². The number of halogens is 1. The molecule has 0 aromatic heterocycles. The fourth-order valence-corrected chi connectivity index (χ4v) is 4.94. The lowest BCUT2D eigenvalue weighted by atomic mass is 9.73. The van der Waals surface area contributed by atoms with E-state index in [4.69, 9.17) is 9.47 Å². The first-order chi connectivity index (χ1) is 14.4. The van der Waals surface area contributed by atoms with Crippen LogP contribution in [0.4, 0.5) is 0 Å². The zero-order valence-electron chi connectivity index (χ0n) is 17.3. The number of Topliss-reactive ketones (excluding diaryl/α,β-unsaturated/α-hetero) is 1. The normalized spacial score (nSPS) is 21.2. The van der Waals surface area contributed by atoms with Gasteiger partial charge in [0.2, 0.25) is 5.91 Å². The number of ether oxygens (including phenoxy) is 2. The molecule has 4 rings (SSSR count). The molecule has 0 radical (unpaired) electrons. The van der Waals surface area contributed by atoms with Gasteiger partial charge in [0.25, 0.3) is 0 Å². The van der Waals surface area contributed by atoms with Gasteiger partial charge in [0.1, 0.15) is 11.5 Å². The van der Waals surface area contributed by atoms with Gasteiger partial charge in [0.15, 0.2) is 5.78 Å². The number of rotatable bonds is 4. The summed E-state index contributed by atoms with van der Waals surface area (Å²) in [5.41, 5.74) is 4.53. The topological polar surface area (TPSA) is 64.6 Å². The molecule has 1 amide bonds. The van der Waals surface area contributed by atoms with Crippen molar-refractivity contribution in [2.45, 2.75) is 38.0 Å². The van der Waals surface area contributed by atoms with E-state index < -0.39 is 0 Å². The largest absolute Gasteiger partial charge is 0.496 e. The summed E-state index contributed by atoms with van der Waals surface area (Å²) in [6.07, 6.45) is 1.29. The summed E-state index contributed by atoms with van der Waals surface area (Å²) in [7, 11) is 3.18. The maximum Gasteiger partial charge on any atom is 0.225 e. The van der Waals surface area contributed by atoms with Gasteiger partial charge < -0.3 is 14.8 Å². The van der Waals surface area contributed by atoms with Crippen LogP contribution in [0.25, 0.3) is 0 Å². The van der Waals surface area contributed by atoms with Crippen LogP contribution >= 0.6 is 15.9 Å². The Hall–Kier alpha value is -2.60. The Labute approximate surface area is 184 Å². The molecule has 0 saturated carbocycles. The lowest BCUT2D eigenvalue weighted by molar-refractivity contribution is -0.122. The van der Waals surface area contributed by atoms with E-state index in [1.54, 1.807) is 14.2 Å². The van der Waals surface area contributed by atoms with E-state index in [1.807, 2.05) is 19.1 Å². The number of nitrogens with one attached hydrogen (secondary N) is 1. The molecule has 156 valence electrons. The molecule has 2 unspecified atom stereocenters. The molecule has 1 heterocycles. The van der Waals surface area contributed by atoms with E-state index in [9.17, 15) is 9.59 Å². The standard InChI is InChI=1S/C24H24BrNO4/c1-13-4-6-14(7-5-13)15-8-19-24(20(27)9-15)17(11-23(28)26-19)16-10-22(30-3)18(25)12-21(16)29-2/h4-7,10,12,15,17H,8-9,11H2,1-3H3,(H,26,28). The molecular weight excluding hydrogens is 446 g/mol. The number of benzene rings is 2.